The van der Waals surface area contributed by atoms with Crippen molar-refractivity contribution in [3.05, 3.63) is 28.3 Å². The van der Waals surface area contributed by atoms with Crippen LogP contribution in [0.4, 0.5) is 0 Å². The molecule has 3 heteroatoms. The summed E-state index contributed by atoms with van der Waals surface area (Å²) in [5.41, 5.74) is 10.5. The lowest BCUT2D eigenvalue weighted by Crippen LogP contribution is -2.21. The van der Waals surface area contributed by atoms with Gasteiger partial charge in [0.15, 0.2) is 0 Å². The van der Waals surface area contributed by atoms with Gasteiger partial charge in [-0.2, -0.15) is 0 Å². The molecule has 0 fully saturated rings. The zero-order valence-corrected chi connectivity index (χ0v) is 11.2. The Morgan fingerprint density at radius 2 is 1.94 bits per heavy atom. The molecule has 1 rings (SSSR count). The Hall–Kier alpha value is -1.06. The molecule has 0 aliphatic rings. The van der Waals surface area contributed by atoms with Crippen molar-refractivity contribution in [2.75, 3.05) is 20.3 Å². The molecule has 0 aromatic heterocycles. The summed E-state index contributed by atoms with van der Waals surface area (Å²) in [5.74, 6) is 1.07. The number of nitrogens with two attached hydrogens (primary N) is 1. The molecule has 1 aromatic rings. The first-order chi connectivity index (χ1) is 8.04. The summed E-state index contributed by atoms with van der Waals surface area (Å²) < 4.78 is 5.35. The number of benzene rings is 1. The normalized spacial score (nSPS) is 12.6. The van der Waals surface area contributed by atoms with Gasteiger partial charge in [0, 0.05) is 6.61 Å². The summed E-state index contributed by atoms with van der Waals surface area (Å²) in [4.78, 5) is 0. The van der Waals surface area contributed by atoms with Gasteiger partial charge in [-0.15, -0.1) is 0 Å². The van der Waals surface area contributed by atoms with Crippen molar-refractivity contribution in [1.29, 1.82) is 0 Å². The van der Waals surface area contributed by atoms with Crippen molar-refractivity contribution in [2.24, 2.45) is 11.7 Å². The van der Waals surface area contributed by atoms with Crippen LogP contribution in [-0.2, 0) is 6.42 Å². The summed E-state index contributed by atoms with van der Waals surface area (Å²) in [5, 5.41) is 9.23. The molecule has 1 unspecified atom stereocenters. The van der Waals surface area contributed by atoms with E-state index in [2.05, 4.69) is 26.8 Å². The molecule has 0 bridgehead atoms. The van der Waals surface area contributed by atoms with Crippen molar-refractivity contribution < 1.29 is 9.84 Å². The van der Waals surface area contributed by atoms with Crippen LogP contribution in [0.1, 0.15) is 22.3 Å². The van der Waals surface area contributed by atoms with Crippen molar-refractivity contribution in [3.8, 4) is 5.75 Å². The largest absolute Gasteiger partial charge is 0.496 e. The molecule has 0 saturated carbocycles. The third-order valence-corrected chi connectivity index (χ3v) is 3.51. The van der Waals surface area contributed by atoms with E-state index < -0.39 is 0 Å². The maximum atomic E-state index is 9.23. The topological polar surface area (TPSA) is 55.5 Å². The smallest absolute Gasteiger partial charge is 0.122 e. The predicted octanol–water partition coefficient (Wildman–Crippen LogP) is 1.73. The van der Waals surface area contributed by atoms with Crippen molar-refractivity contribution >= 4 is 0 Å². The molecular formula is C14H23NO2. The molecule has 0 aliphatic heterocycles. The summed E-state index contributed by atoms with van der Waals surface area (Å²) in [6.45, 7) is 6.90. The number of hydrogen-bond acceptors (Lipinski definition) is 3. The first kappa shape index (κ1) is 14.0. The van der Waals surface area contributed by atoms with Gasteiger partial charge in [0.2, 0.25) is 0 Å². The third-order valence-electron chi connectivity index (χ3n) is 3.51. The summed E-state index contributed by atoms with van der Waals surface area (Å²) in [6, 6.07) is 2.06. The maximum absolute atomic E-state index is 9.23. The van der Waals surface area contributed by atoms with E-state index in [1.54, 1.807) is 7.11 Å². The molecule has 0 radical (unpaired) electrons. The van der Waals surface area contributed by atoms with Gasteiger partial charge in [-0.3, -0.25) is 0 Å². The molecule has 0 spiro atoms. The summed E-state index contributed by atoms with van der Waals surface area (Å²) in [7, 11) is 1.69. The number of hydrogen-bond donors (Lipinski definition) is 2. The van der Waals surface area contributed by atoms with Gasteiger partial charge < -0.3 is 15.6 Å². The van der Waals surface area contributed by atoms with Crippen LogP contribution in [0.25, 0.3) is 0 Å². The first-order valence-electron chi connectivity index (χ1n) is 5.99. The maximum Gasteiger partial charge on any atom is 0.122 e. The number of ether oxygens (including phenoxy) is 1. The number of aliphatic hydroxyl groups is 1. The van der Waals surface area contributed by atoms with Crippen LogP contribution in [0.5, 0.6) is 5.75 Å². The van der Waals surface area contributed by atoms with E-state index in [1.807, 2.05) is 0 Å². The number of methoxy groups -OCH3 is 1. The first-order valence-corrected chi connectivity index (χ1v) is 5.99. The van der Waals surface area contributed by atoms with Gasteiger partial charge >= 0.3 is 0 Å². The zero-order chi connectivity index (χ0) is 13.0. The van der Waals surface area contributed by atoms with Crippen LogP contribution in [0.3, 0.4) is 0 Å². The number of rotatable bonds is 5. The average Bonchev–Trinajstić information content (AvgIpc) is 2.34. The second-order valence-corrected chi connectivity index (χ2v) is 4.61. The Balaban J connectivity index is 3.12. The molecule has 96 valence electrons. The fourth-order valence-corrected chi connectivity index (χ4v) is 2.14. The highest BCUT2D eigenvalue weighted by Gasteiger charge is 2.14. The zero-order valence-electron chi connectivity index (χ0n) is 11.2. The van der Waals surface area contributed by atoms with Crippen LogP contribution in [0.2, 0.25) is 0 Å². The fraction of sp³-hybridized carbons (Fsp3) is 0.571. The van der Waals surface area contributed by atoms with E-state index in [0.29, 0.717) is 6.54 Å². The number of aliphatic hydroxyl groups excluding tert-OH is 1. The highest BCUT2D eigenvalue weighted by atomic mass is 16.5. The van der Waals surface area contributed by atoms with Gasteiger partial charge in [-0.1, -0.05) is 0 Å². The second kappa shape index (κ2) is 6.03. The predicted molar refractivity (Wildman–Crippen MR) is 70.5 cm³/mol. The van der Waals surface area contributed by atoms with Crippen LogP contribution in [-0.4, -0.2) is 25.4 Å². The molecule has 0 amide bonds. The molecule has 17 heavy (non-hydrogen) atoms. The lowest BCUT2D eigenvalue weighted by molar-refractivity contribution is 0.229. The van der Waals surface area contributed by atoms with Crippen LogP contribution in [0.15, 0.2) is 6.07 Å². The SMILES string of the molecule is COc1cc(C)c(CC(CN)CO)c(C)c1C. The van der Waals surface area contributed by atoms with Gasteiger partial charge in [0.1, 0.15) is 5.75 Å². The van der Waals surface area contributed by atoms with Gasteiger partial charge in [0.25, 0.3) is 0 Å². The Morgan fingerprint density at radius 1 is 1.29 bits per heavy atom. The van der Waals surface area contributed by atoms with Gasteiger partial charge in [-0.25, -0.2) is 0 Å². The quantitative estimate of drug-likeness (QED) is 0.820. The van der Waals surface area contributed by atoms with E-state index in [-0.39, 0.29) is 12.5 Å². The lowest BCUT2D eigenvalue weighted by Gasteiger charge is -2.19. The van der Waals surface area contributed by atoms with Gasteiger partial charge in [-0.05, 0) is 68.0 Å². The molecule has 1 atom stereocenters. The molecule has 3 N–H and O–H groups in total. The van der Waals surface area contributed by atoms with Crippen LogP contribution in [0, 0.1) is 26.7 Å². The minimum Gasteiger partial charge on any atom is -0.496 e. The molecule has 1 aromatic carbocycles. The molecular weight excluding hydrogens is 214 g/mol. The summed E-state index contributed by atoms with van der Waals surface area (Å²) in [6.07, 6.45) is 0.829. The van der Waals surface area contributed by atoms with E-state index in [4.69, 9.17) is 10.5 Å². The highest BCUT2D eigenvalue weighted by Crippen LogP contribution is 2.28. The van der Waals surface area contributed by atoms with Crippen molar-refractivity contribution in [2.45, 2.75) is 27.2 Å². The number of aryl methyl sites for hydroxylation is 1. The van der Waals surface area contributed by atoms with Crippen LogP contribution >= 0.6 is 0 Å². The Morgan fingerprint density at radius 3 is 2.41 bits per heavy atom. The fourth-order valence-electron chi connectivity index (χ4n) is 2.14. The molecule has 0 saturated heterocycles. The van der Waals surface area contributed by atoms with E-state index in [1.165, 1.54) is 22.3 Å². The second-order valence-electron chi connectivity index (χ2n) is 4.61. The standard InChI is InChI=1S/C14H23NO2/c1-9-5-14(17-4)11(3)10(2)13(9)6-12(7-15)8-16/h5,12,16H,6-8,15H2,1-4H3. The average molecular weight is 237 g/mol. The molecule has 0 heterocycles. The van der Waals surface area contributed by atoms with Crippen LogP contribution < -0.4 is 10.5 Å². The Kier molecular flexibility index (Phi) is 4.97. The Labute approximate surface area is 104 Å². The van der Waals surface area contributed by atoms with E-state index in [9.17, 15) is 5.11 Å². The van der Waals surface area contributed by atoms with Crippen molar-refractivity contribution in [1.82, 2.24) is 0 Å². The monoisotopic (exact) mass is 237 g/mol. The molecule has 3 nitrogen and oxygen atoms in total. The van der Waals surface area contributed by atoms with Crippen molar-refractivity contribution in [3.63, 3.8) is 0 Å². The minimum atomic E-state index is 0.139. The van der Waals surface area contributed by atoms with E-state index in [0.717, 1.165) is 12.2 Å². The Bertz CT molecular complexity index is 384. The summed E-state index contributed by atoms with van der Waals surface area (Å²) >= 11 is 0. The lowest BCUT2D eigenvalue weighted by atomic mass is 9.90. The molecule has 0 aliphatic carbocycles. The van der Waals surface area contributed by atoms with E-state index >= 15 is 0 Å². The highest BCUT2D eigenvalue weighted by molar-refractivity contribution is 5.48. The minimum absolute atomic E-state index is 0.139. The van der Waals surface area contributed by atoms with Gasteiger partial charge in [0.05, 0.1) is 7.11 Å². The third kappa shape index (κ3) is 2.99.